The van der Waals surface area contributed by atoms with Crippen LogP contribution in [0.15, 0.2) is 29.2 Å². The molecule has 134 valence electrons. The van der Waals surface area contributed by atoms with Crippen LogP contribution >= 0.6 is 0 Å². The zero-order valence-corrected chi connectivity index (χ0v) is 14.5. The molecule has 2 rings (SSSR count). The van der Waals surface area contributed by atoms with Gasteiger partial charge >= 0.3 is 0 Å². The number of methoxy groups -OCH3 is 1. The second kappa shape index (κ2) is 8.55. The van der Waals surface area contributed by atoms with E-state index in [1.807, 2.05) is 0 Å². The van der Waals surface area contributed by atoms with Gasteiger partial charge in [-0.15, -0.1) is 0 Å². The average molecular weight is 358 g/mol. The van der Waals surface area contributed by atoms with E-state index in [1.165, 1.54) is 16.4 Å². The Morgan fingerprint density at radius 2 is 2.08 bits per heavy atom. The van der Waals surface area contributed by atoms with Gasteiger partial charge in [0.05, 0.1) is 10.8 Å². The van der Waals surface area contributed by atoms with Gasteiger partial charge < -0.3 is 10.1 Å². The first kappa shape index (κ1) is 18.8. The van der Waals surface area contributed by atoms with Crippen molar-refractivity contribution in [2.75, 3.05) is 33.4 Å². The quantitative estimate of drug-likeness (QED) is 0.747. The number of ether oxygens (including phenoxy) is 1. The van der Waals surface area contributed by atoms with Crippen LogP contribution in [0.25, 0.3) is 0 Å². The number of benzene rings is 1. The molecule has 0 aliphatic carbocycles. The molecule has 1 heterocycles. The summed E-state index contributed by atoms with van der Waals surface area (Å²) in [6.07, 6.45) is 1.99. The van der Waals surface area contributed by atoms with Crippen molar-refractivity contribution in [1.29, 1.82) is 0 Å². The predicted octanol–water partition coefficient (Wildman–Crippen LogP) is 1.38. The van der Waals surface area contributed by atoms with Gasteiger partial charge in [-0.25, -0.2) is 12.8 Å². The van der Waals surface area contributed by atoms with Crippen LogP contribution in [-0.4, -0.2) is 52.0 Å². The van der Waals surface area contributed by atoms with Crippen molar-refractivity contribution >= 4 is 15.9 Å². The summed E-state index contributed by atoms with van der Waals surface area (Å²) in [6, 6.07) is 4.74. The molecule has 1 aromatic carbocycles. The van der Waals surface area contributed by atoms with Gasteiger partial charge in [0.2, 0.25) is 15.9 Å². The highest BCUT2D eigenvalue weighted by Gasteiger charge is 2.33. The lowest BCUT2D eigenvalue weighted by Crippen LogP contribution is -2.45. The number of nitrogens with zero attached hydrogens (tertiary/aromatic N) is 1. The second-order valence-electron chi connectivity index (χ2n) is 5.79. The number of hydrogen-bond acceptors (Lipinski definition) is 4. The number of rotatable bonds is 7. The van der Waals surface area contributed by atoms with Crippen LogP contribution in [0.3, 0.4) is 0 Å². The fourth-order valence-corrected chi connectivity index (χ4v) is 4.23. The van der Waals surface area contributed by atoms with E-state index in [2.05, 4.69) is 5.32 Å². The number of carbonyl (C=O) groups is 1. The highest BCUT2D eigenvalue weighted by molar-refractivity contribution is 7.89. The molecule has 0 spiro atoms. The van der Waals surface area contributed by atoms with Crippen LogP contribution < -0.4 is 5.32 Å². The monoisotopic (exact) mass is 358 g/mol. The van der Waals surface area contributed by atoms with Crippen molar-refractivity contribution in [3.63, 3.8) is 0 Å². The van der Waals surface area contributed by atoms with Crippen LogP contribution in [0, 0.1) is 11.7 Å². The Morgan fingerprint density at radius 3 is 2.75 bits per heavy atom. The maximum Gasteiger partial charge on any atom is 0.243 e. The summed E-state index contributed by atoms with van der Waals surface area (Å²) in [5.41, 5.74) is 0. The first-order valence-electron chi connectivity index (χ1n) is 7.97. The molecule has 0 radical (unpaired) electrons. The molecule has 0 aromatic heterocycles. The lowest BCUT2D eigenvalue weighted by atomic mass is 9.99. The summed E-state index contributed by atoms with van der Waals surface area (Å²) in [5.74, 6) is -0.984. The van der Waals surface area contributed by atoms with Crippen molar-refractivity contribution in [3.8, 4) is 0 Å². The van der Waals surface area contributed by atoms with Gasteiger partial charge in [-0.05, 0) is 43.5 Å². The minimum atomic E-state index is -3.71. The van der Waals surface area contributed by atoms with Gasteiger partial charge in [0.1, 0.15) is 5.82 Å². The molecule has 6 nitrogen and oxygen atoms in total. The molecule has 0 bridgehead atoms. The van der Waals surface area contributed by atoms with Crippen LogP contribution in [0.1, 0.15) is 19.3 Å². The van der Waals surface area contributed by atoms with E-state index in [4.69, 9.17) is 4.74 Å². The molecule has 24 heavy (non-hydrogen) atoms. The molecule has 1 atom stereocenters. The summed E-state index contributed by atoms with van der Waals surface area (Å²) in [4.78, 5) is 12.2. The third-order valence-electron chi connectivity index (χ3n) is 4.03. The van der Waals surface area contributed by atoms with Crippen molar-refractivity contribution in [1.82, 2.24) is 9.62 Å². The highest BCUT2D eigenvalue weighted by Crippen LogP contribution is 2.24. The molecule has 1 fully saturated rings. The van der Waals surface area contributed by atoms with Crippen LogP contribution in [-0.2, 0) is 19.6 Å². The second-order valence-corrected chi connectivity index (χ2v) is 7.73. The normalized spacial score (nSPS) is 19.2. The zero-order chi connectivity index (χ0) is 17.6. The molecule has 1 N–H and O–H groups in total. The Morgan fingerprint density at radius 1 is 1.38 bits per heavy atom. The van der Waals surface area contributed by atoms with Crippen molar-refractivity contribution in [2.24, 2.45) is 5.92 Å². The summed E-state index contributed by atoms with van der Waals surface area (Å²) in [7, 11) is -2.11. The molecule has 1 amide bonds. The van der Waals surface area contributed by atoms with E-state index in [0.717, 1.165) is 12.1 Å². The van der Waals surface area contributed by atoms with Gasteiger partial charge in [-0.1, -0.05) is 0 Å². The highest BCUT2D eigenvalue weighted by atomic mass is 32.2. The van der Waals surface area contributed by atoms with Gasteiger partial charge in [0, 0.05) is 33.4 Å². The van der Waals surface area contributed by atoms with Crippen LogP contribution in [0.2, 0.25) is 0 Å². The van der Waals surface area contributed by atoms with Crippen LogP contribution in [0.4, 0.5) is 4.39 Å². The van der Waals surface area contributed by atoms with Crippen molar-refractivity contribution < 1.29 is 22.3 Å². The standard InChI is InChI=1S/C16H23FN2O4S/c1-23-11-3-9-18-16(20)13-4-2-10-19(12-13)24(21,22)15-7-5-14(17)6-8-15/h5-8,13H,2-4,9-12H2,1H3,(H,18,20)/t13-/m1/s1. The van der Waals surface area contributed by atoms with E-state index in [0.29, 0.717) is 39.0 Å². The Hall–Kier alpha value is -1.51. The van der Waals surface area contributed by atoms with Crippen LogP contribution in [0.5, 0.6) is 0 Å². The lowest BCUT2D eigenvalue weighted by molar-refractivity contribution is -0.126. The third kappa shape index (κ3) is 4.75. The van der Waals surface area contributed by atoms with Crippen molar-refractivity contribution in [2.45, 2.75) is 24.2 Å². The van der Waals surface area contributed by atoms with Gasteiger partial charge in [0.25, 0.3) is 0 Å². The van der Waals surface area contributed by atoms with E-state index < -0.39 is 15.8 Å². The number of amides is 1. The number of halogens is 1. The smallest absolute Gasteiger partial charge is 0.243 e. The molecule has 1 aromatic rings. The van der Waals surface area contributed by atoms with Gasteiger partial charge in [-0.2, -0.15) is 4.31 Å². The third-order valence-corrected chi connectivity index (χ3v) is 5.91. The molecule has 1 aliphatic heterocycles. The van der Waals surface area contributed by atoms with E-state index in [-0.39, 0.29) is 23.3 Å². The topological polar surface area (TPSA) is 75.7 Å². The number of hydrogen-bond donors (Lipinski definition) is 1. The molecule has 1 saturated heterocycles. The first-order valence-corrected chi connectivity index (χ1v) is 9.41. The Kier molecular flexibility index (Phi) is 6.70. The maximum atomic E-state index is 13.0. The molecule has 0 unspecified atom stereocenters. The minimum absolute atomic E-state index is 0.0463. The largest absolute Gasteiger partial charge is 0.385 e. The molecule has 1 aliphatic rings. The SMILES string of the molecule is COCCCNC(=O)[C@@H]1CCCN(S(=O)(=O)c2ccc(F)cc2)C1. The average Bonchev–Trinajstić information content (AvgIpc) is 2.59. The van der Waals surface area contributed by atoms with E-state index >= 15 is 0 Å². The maximum absolute atomic E-state index is 13.0. The fraction of sp³-hybridized carbons (Fsp3) is 0.562. The number of carbonyl (C=O) groups excluding carboxylic acids is 1. The Bertz CT molecular complexity index is 649. The molecule has 8 heteroatoms. The van der Waals surface area contributed by atoms with Gasteiger partial charge in [-0.3, -0.25) is 4.79 Å². The zero-order valence-electron chi connectivity index (χ0n) is 13.7. The summed E-state index contributed by atoms with van der Waals surface area (Å²) >= 11 is 0. The lowest BCUT2D eigenvalue weighted by Gasteiger charge is -2.31. The summed E-state index contributed by atoms with van der Waals surface area (Å²) in [6.45, 7) is 1.59. The van der Waals surface area contributed by atoms with E-state index in [1.54, 1.807) is 7.11 Å². The fourth-order valence-electron chi connectivity index (χ4n) is 2.70. The van der Waals surface area contributed by atoms with E-state index in [9.17, 15) is 17.6 Å². The first-order chi connectivity index (χ1) is 11.4. The Balaban J connectivity index is 1.99. The number of nitrogens with one attached hydrogen (secondary N) is 1. The summed E-state index contributed by atoms with van der Waals surface area (Å²) in [5, 5.41) is 2.82. The number of sulfonamides is 1. The predicted molar refractivity (Wildman–Crippen MR) is 87.4 cm³/mol. The Labute approximate surface area is 142 Å². The molecule has 0 saturated carbocycles. The number of piperidine rings is 1. The van der Waals surface area contributed by atoms with Gasteiger partial charge in [0.15, 0.2) is 0 Å². The summed E-state index contributed by atoms with van der Waals surface area (Å²) < 4.78 is 44.5. The van der Waals surface area contributed by atoms with Crippen molar-refractivity contribution in [3.05, 3.63) is 30.1 Å². The molecular weight excluding hydrogens is 335 g/mol. The minimum Gasteiger partial charge on any atom is -0.385 e. The molecular formula is C16H23FN2O4S.